The van der Waals surface area contributed by atoms with Crippen LogP contribution in [0.1, 0.15) is 45.4 Å². The van der Waals surface area contributed by atoms with Crippen LogP contribution in [0.4, 0.5) is 0 Å². The molecule has 6 nitrogen and oxygen atoms in total. The number of aromatic amines is 1. The molecule has 5 rings (SSSR count). The molecule has 1 atom stereocenters. The normalized spacial score (nSPS) is 15.5. The lowest BCUT2D eigenvalue weighted by Gasteiger charge is -2.26. The number of aryl methyl sites for hydroxylation is 1. The molecule has 31 heavy (non-hydrogen) atoms. The number of H-pyrrole nitrogens is 1. The first-order valence-electron chi connectivity index (χ1n) is 10.4. The fraction of sp³-hybridized carbons (Fsp3) is 0.200. The Morgan fingerprint density at radius 1 is 1.10 bits per heavy atom. The van der Waals surface area contributed by atoms with Crippen LogP contribution in [0.25, 0.3) is 10.9 Å². The van der Waals surface area contributed by atoms with Gasteiger partial charge in [-0.2, -0.15) is 0 Å². The predicted octanol–water partition coefficient (Wildman–Crippen LogP) is 4.32. The van der Waals surface area contributed by atoms with Crippen LogP contribution in [0.5, 0.6) is 0 Å². The molecule has 0 unspecified atom stereocenters. The van der Waals surface area contributed by atoms with E-state index in [1.807, 2.05) is 60.4 Å². The molecule has 0 spiro atoms. The van der Waals surface area contributed by atoms with Crippen molar-refractivity contribution < 1.29 is 14.0 Å². The van der Waals surface area contributed by atoms with Gasteiger partial charge in [-0.3, -0.25) is 9.59 Å². The molecule has 0 fully saturated rings. The molecule has 6 heteroatoms. The minimum absolute atomic E-state index is 0.0379. The van der Waals surface area contributed by atoms with Crippen molar-refractivity contribution in [1.82, 2.24) is 15.2 Å². The number of para-hydroxylation sites is 1. The number of aromatic nitrogens is 1. The van der Waals surface area contributed by atoms with Crippen LogP contribution in [0.3, 0.4) is 0 Å². The summed E-state index contributed by atoms with van der Waals surface area (Å²) in [7, 11) is 0. The number of carbonyl (C=O) groups excluding carboxylic acids is 2. The number of carbonyl (C=O) groups is 2. The highest BCUT2D eigenvalue weighted by Crippen LogP contribution is 2.42. The highest BCUT2D eigenvalue weighted by atomic mass is 16.3. The second-order valence-corrected chi connectivity index (χ2v) is 7.80. The van der Waals surface area contributed by atoms with Crippen LogP contribution in [-0.4, -0.2) is 28.2 Å². The van der Waals surface area contributed by atoms with Gasteiger partial charge in [0.15, 0.2) is 0 Å². The number of nitrogens with zero attached hydrogens (tertiary/aromatic N) is 1. The summed E-state index contributed by atoms with van der Waals surface area (Å²) in [5.41, 5.74) is 4.85. The average molecular weight is 413 g/mol. The Morgan fingerprint density at radius 2 is 1.90 bits per heavy atom. The highest BCUT2D eigenvalue weighted by molar-refractivity contribution is 6.01. The maximum absolute atomic E-state index is 13.3. The summed E-state index contributed by atoms with van der Waals surface area (Å²) in [5, 5.41) is 3.96. The van der Waals surface area contributed by atoms with Gasteiger partial charge in [-0.15, -0.1) is 0 Å². The smallest absolute Gasteiger partial charge is 0.255 e. The predicted molar refractivity (Wildman–Crippen MR) is 118 cm³/mol. The van der Waals surface area contributed by atoms with Crippen LogP contribution >= 0.6 is 0 Å². The van der Waals surface area contributed by atoms with Gasteiger partial charge < -0.3 is 19.6 Å². The molecule has 2 aromatic heterocycles. The monoisotopic (exact) mass is 413 g/mol. The first-order valence-corrected chi connectivity index (χ1v) is 10.4. The van der Waals surface area contributed by atoms with E-state index in [4.69, 9.17) is 4.42 Å². The minimum Gasteiger partial charge on any atom is -0.467 e. The molecule has 2 aromatic carbocycles. The van der Waals surface area contributed by atoms with E-state index in [2.05, 4.69) is 16.4 Å². The fourth-order valence-electron chi connectivity index (χ4n) is 4.47. The maximum Gasteiger partial charge on any atom is 0.255 e. The molecule has 4 aromatic rings. The second kappa shape index (κ2) is 7.80. The fourth-order valence-corrected chi connectivity index (χ4v) is 4.47. The summed E-state index contributed by atoms with van der Waals surface area (Å²) < 4.78 is 5.26. The second-order valence-electron chi connectivity index (χ2n) is 7.80. The molecule has 156 valence electrons. The number of hydrogen-bond donors (Lipinski definition) is 2. The largest absolute Gasteiger partial charge is 0.467 e. The lowest BCUT2D eigenvalue weighted by Crippen LogP contribution is -2.33. The summed E-state index contributed by atoms with van der Waals surface area (Å²) in [6.45, 7) is 2.71. The van der Waals surface area contributed by atoms with Gasteiger partial charge in [-0.1, -0.05) is 36.4 Å². The zero-order valence-electron chi connectivity index (χ0n) is 17.2. The first-order chi connectivity index (χ1) is 15.1. The Bertz CT molecular complexity index is 1260. The third kappa shape index (κ3) is 3.40. The van der Waals surface area contributed by atoms with E-state index < -0.39 is 0 Å². The Labute approximate surface area is 179 Å². The Hall–Kier alpha value is -3.80. The Morgan fingerprint density at radius 3 is 2.74 bits per heavy atom. The van der Waals surface area contributed by atoms with E-state index >= 15 is 0 Å². The van der Waals surface area contributed by atoms with Gasteiger partial charge in [-0.05, 0) is 36.8 Å². The molecule has 2 N–H and O–H groups in total. The van der Waals surface area contributed by atoms with E-state index in [1.165, 1.54) is 0 Å². The summed E-state index contributed by atoms with van der Waals surface area (Å²) in [6, 6.07) is 19.2. The van der Waals surface area contributed by atoms with Crippen LogP contribution < -0.4 is 5.32 Å². The van der Waals surface area contributed by atoms with Crippen molar-refractivity contribution in [2.24, 2.45) is 0 Å². The zero-order chi connectivity index (χ0) is 21.4. The lowest BCUT2D eigenvalue weighted by atomic mass is 9.95. The van der Waals surface area contributed by atoms with Gasteiger partial charge in [-0.25, -0.2) is 0 Å². The molecular weight excluding hydrogens is 390 g/mol. The van der Waals surface area contributed by atoms with Gasteiger partial charge in [0.05, 0.1) is 18.8 Å². The molecule has 0 saturated heterocycles. The molecule has 2 amide bonds. The quantitative estimate of drug-likeness (QED) is 0.494. The van der Waals surface area contributed by atoms with Crippen LogP contribution in [0.15, 0.2) is 71.3 Å². The maximum atomic E-state index is 13.3. The molecule has 0 radical (unpaired) electrons. The molecule has 0 aliphatic carbocycles. The minimum atomic E-state index is -0.224. The summed E-state index contributed by atoms with van der Waals surface area (Å²) in [5.74, 6) is 0.545. The van der Waals surface area contributed by atoms with Crippen LogP contribution in [0.2, 0.25) is 0 Å². The molecule has 0 saturated carbocycles. The number of hydrogen-bond acceptors (Lipinski definition) is 3. The van der Waals surface area contributed by atoms with Crippen molar-refractivity contribution in [3.05, 3.63) is 95.1 Å². The van der Waals surface area contributed by atoms with Crippen LogP contribution in [0, 0.1) is 6.92 Å². The molecule has 1 aliphatic heterocycles. The van der Waals surface area contributed by atoms with Crippen molar-refractivity contribution >= 4 is 22.7 Å². The van der Waals surface area contributed by atoms with E-state index in [9.17, 15) is 9.59 Å². The zero-order valence-corrected chi connectivity index (χ0v) is 17.2. The van der Waals surface area contributed by atoms with E-state index in [0.717, 1.165) is 27.7 Å². The van der Waals surface area contributed by atoms with Crippen LogP contribution in [-0.2, 0) is 11.3 Å². The van der Waals surface area contributed by atoms with Crippen molar-refractivity contribution in [2.75, 3.05) is 6.54 Å². The number of fused-ring (bicyclic) bond motifs is 2. The van der Waals surface area contributed by atoms with Gasteiger partial charge in [0.25, 0.3) is 5.91 Å². The summed E-state index contributed by atoms with van der Waals surface area (Å²) >= 11 is 0. The number of rotatable bonds is 6. The van der Waals surface area contributed by atoms with E-state index in [0.29, 0.717) is 24.4 Å². The van der Waals surface area contributed by atoms with Crippen molar-refractivity contribution in [2.45, 2.75) is 25.9 Å². The number of benzene rings is 2. The Balaban J connectivity index is 1.43. The van der Waals surface area contributed by atoms with Gasteiger partial charge in [0, 0.05) is 40.7 Å². The van der Waals surface area contributed by atoms with Gasteiger partial charge in [0.2, 0.25) is 5.91 Å². The molecular formula is C25H23N3O3. The van der Waals surface area contributed by atoms with Gasteiger partial charge in [0.1, 0.15) is 5.76 Å². The van der Waals surface area contributed by atoms with Crippen molar-refractivity contribution in [1.29, 1.82) is 0 Å². The van der Waals surface area contributed by atoms with Crippen molar-refractivity contribution in [3.63, 3.8) is 0 Å². The first kappa shape index (κ1) is 19.2. The molecule has 1 aliphatic rings. The SMILES string of the molecule is Cc1[nH]c2ccccc2c1[C@H]1c2ccccc2C(=O)N1CCC(=O)NCc1ccco1. The highest BCUT2D eigenvalue weighted by Gasteiger charge is 2.39. The van der Waals surface area contributed by atoms with E-state index in [-0.39, 0.29) is 24.3 Å². The number of nitrogens with one attached hydrogen (secondary N) is 2. The number of furan rings is 1. The Kier molecular flexibility index (Phi) is 4.82. The van der Waals surface area contributed by atoms with E-state index in [1.54, 1.807) is 12.3 Å². The number of amides is 2. The average Bonchev–Trinajstić information content (AvgIpc) is 3.48. The lowest BCUT2D eigenvalue weighted by molar-refractivity contribution is -0.121. The standard InChI is InChI=1S/C25H23N3O3/c1-16-23(20-10-4-5-11-21(20)27-16)24-18-8-2-3-9-19(18)25(30)28(24)13-12-22(29)26-15-17-7-6-14-31-17/h2-11,14,24,27H,12-13,15H2,1H3,(H,26,29)/t24-/m1/s1. The summed E-state index contributed by atoms with van der Waals surface area (Å²) in [4.78, 5) is 31.0. The van der Waals surface area contributed by atoms with Crippen molar-refractivity contribution in [3.8, 4) is 0 Å². The summed E-state index contributed by atoms with van der Waals surface area (Å²) in [6.07, 6.45) is 1.80. The topological polar surface area (TPSA) is 78.3 Å². The third-order valence-electron chi connectivity index (χ3n) is 5.89. The van der Waals surface area contributed by atoms with Gasteiger partial charge >= 0.3 is 0 Å². The molecule has 0 bridgehead atoms. The third-order valence-corrected chi connectivity index (χ3v) is 5.89. The molecule has 3 heterocycles.